The molecule has 13 heavy (non-hydrogen) atoms. The summed E-state index contributed by atoms with van der Waals surface area (Å²) < 4.78 is 0. The molecule has 76 valence electrons. The van der Waals surface area contributed by atoms with Crippen molar-refractivity contribution in [2.45, 2.75) is 57.5 Å². The van der Waals surface area contributed by atoms with Crippen molar-refractivity contribution in [1.82, 2.24) is 5.32 Å². The molecule has 2 aliphatic rings. The van der Waals surface area contributed by atoms with Crippen LogP contribution in [0.3, 0.4) is 0 Å². The molecule has 0 aromatic rings. The molecule has 0 radical (unpaired) electrons. The Bertz CT molecular complexity index is 198. The van der Waals surface area contributed by atoms with E-state index in [1.807, 2.05) is 0 Å². The molecule has 0 saturated heterocycles. The van der Waals surface area contributed by atoms with Gasteiger partial charge in [-0.1, -0.05) is 13.3 Å². The van der Waals surface area contributed by atoms with Crippen LogP contribution in [0, 0.1) is 5.41 Å². The van der Waals surface area contributed by atoms with Crippen molar-refractivity contribution < 1.29 is 0 Å². The van der Waals surface area contributed by atoms with E-state index in [2.05, 4.69) is 19.2 Å². The van der Waals surface area contributed by atoms with Gasteiger partial charge in [0.1, 0.15) is 0 Å². The average molecular weight is 182 g/mol. The van der Waals surface area contributed by atoms with Crippen molar-refractivity contribution in [1.29, 1.82) is 0 Å². The van der Waals surface area contributed by atoms with E-state index in [1.165, 1.54) is 32.1 Å². The van der Waals surface area contributed by atoms with Crippen LogP contribution in [-0.4, -0.2) is 18.1 Å². The molecule has 2 heteroatoms. The smallest absolute Gasteiger partial charge is 0.0154 e. The summed E-state index contributed by atoms with van der Waals surface area (Å²) in [5.41, 5.74) is 6.95. The molecule has 2 rings (SSSR count). The zero-order valence-corrected chi connectivity index (χ0v) is 8.90. The molecule has 0 aliphatic heterocycles. The van der Waals surface area contributed by atoms with Gasteiger partial charge in [0.15, 0.2) is 0 Å². The molecule has 2 aliphatic carbocycles. The molecule has 2 fully saturated rings. The first-order chi connectivity index (χ1) is 6.04. The quantitative estimate of drug-likeness (QED) is 0.696. The van der Waals surface area contributed by atoms with Gasteiger partial charge in [-0.25, -0.2) is 0 Å². The number of rotatable bonds is 3. The molecule has 0 bridgehead atoms. The molecule has 2 saturated carbocycles. The van der Waals surface area contributed by atoms with Gasteiger partial charge in [0.25, 0.3) is 0 Å². The van der Waals surface area contributed by atoms with Gasteiger partial charge in [0, 0.05) is 18.1 Å². The Morgan fingerprint density at radius 2 is 2.00 bits per heavy atom. The highest BCUT2D eigenvalue weighted by Crippen LogP contribution is 2.39. The number of nitrogens with one attached hydrogen (secondary N) is 1. The van der Waals surface area contributed by atoms with Gasteiger partial charge in [-0.3, -0.25) is 0 Å². The fourth-order valence-electron chi connectivity index (χ4n) is 2.26. The van der Waals surface area contributed by atoms with Crippen molar-refractivity contribution in [3.63, 3.8) is 0 Å². The molecule has 0 amide bonds. The Hall–Kier alpha value is -0.0800. The van der Waals surface area contributed by atoms with E-state index >= 15 is 0 Å². The van der Waals surface area contributed by atoms with Crippen LogP contribution in [0.2, 0.25) is 0 Å². The Labute approximate surface area is 81.3 Å². The Morgan fingerprint density at radius 3 is 2.46 bits per heavy atom. The van der Waals surface area contributed by atoms with Gasteiger partial charge in [-0.05, 0) is 38.0 Å². The Balaban J connectivity index is 1.85. The molecule has 2 unspecified atom stereocenters. The number of hydrogen-bond donors (Lipinski definition) is 2. The molecule has 2 atom stereocenters. The second-order valence-electron chi connectivity index (χ2n) is 5.57. The van der Waals surface area contributed by atoms with Crippen molar-refractivity contribution in [3.8, 4) is 0 Å². The molecule has 3 N–H and O–H groups in total. The zero-order valence-electron chi connectivity index (χ0n) is 8.90. The van der Waals surface area contributed by atoms with Crippen LogP contribution in [0.25, 0.3) is 0 Å². The van der Waals surface area contributed by atoms with Gasteiger partial charge in [-0.15, -0.1) is 0 Å². The van der Waals surface area contributed by atoms with Crippen LogP contribution >= 0.6 is 0 Å². The fraction of sp³-hybridized carbons (Fsp3) is 1.00. The summed E-state index contributed by atoms with van der Waals surface area (Å²) in [5, 5.41) is 3.67. The lowest BCUT2D eigenvalue weighted by Crippen LogP contribution is -2.45. The lowest BCUT2D eigenvalue weighted by Gasteiger charge is -2.31. The van der Waals surface area contributed by atoms with Gasteiger partial charge < -0.3 is 11.1 Å². The van der Waals surface area contributed by atoms with Crippen LogP contribution in [0.15, 0.2) is 0 Å². The molecule has 0 spiro atoms. The summed E-state index contributed by atoms with van der Waals surface area (Å²) in [7, 11) is 0. The average Bonchev–Trinajstić information content (AvgIpc) is 2.73. The first kappa shape index (κ1) is 9.47. The molecular formula is C11H22N2. The number of nitrogens with two attached hydrogens (primary N) is 1. The minimum Gasteiger partial charge on any atom is -0.327 e. The van der Waals surface area contributed by atoms with E-state index in [1.54, 1.807) is 0 Å². The summed E-state index contributed by atoms with van der Waals surface area (Å²) in [6.45, 7) is 5.77. The highest BCUT2D eigenvalue weighted by molar-refractivity contribution is 5.01. The zero-order chi connectivity index (χ0) is 9.53. The second kappa shape index (κ2) is 2.96. The minimum absolute atomic E-state index is 0.367. The van der Waals surface area contributed by atoms with E-state index in [4.69, 9.17) is 5.73 Å². The van der Waals surface area contributed by atoms with Gasteiger partial charge >= 0.3 is 0 Å². The number of hydrogen-bond acceptors (Lipinski definition) is 2. The molecule has 0 heterocycles. The largest absolute Gasteiger partial charge is 0.327 e. The summed E-state index contributed by atoms with van der Waals surface area (Å²) in [5.74, 6) is 0. The van der Waals surface area contributed by atoms with Gasteiger partial charge in [-0.2, -0.15) is 0 Å². The molecular weight excluding hydrogens is 160 g/mol. The first-order valence-corrected chi connectivity index (χ1v) is 5.55. The van der Waals surface area contributed by atoms with Gasteiger partial charge in [0.05, 0.1) is 0 Å². The standard InChI is InChI=1S/C11H22N2/c1-10(5-3-4-9(10)12)8-13-11(2)6-7-11/h9,13H,3-8,12H2,1-2H3. The van der Waals surface area contributed by atoms with Crippen molar-refractivity contribution in [2.75, 3.05) is 6.54 Å². The van der Waals surface area contributed by atoms with E-state index < -0.39 is 0 Å². The third-order valence-electron chi connectivity index (χ3n) is 4.08. The predicted octanol–water partition coefficient (Wildman–Crippen LogP) is 1.65. The molecule has 0 aromatic carbocycles. The van der Waals surface area contributed by atoms with E-state index in [9.17, 15) is 0 Å². The van der Waals surface area contributed by atoms with Crippen molar-refractivity contribution >= 4 is 0 Å². The maximum absolute atomic E-state index is 6.12. The predicted molar refractivity (Wildman–Crippen MR) is 55.6 cm³/mol. The summed E-state index contributed by atoms with van der Waals surface area (Å²) >= 11 is 0. The van der Waals surface area contributed by atoms with Crippen LogP contribution in [0.5, 0.6) is 0 Å². The van der Waals surface area contributed by atoms with Crippen LogP contribution in [0.1, 0.15) is 46.0 Å². The monoisotopic (exact) mass is 182 g/mol. The van der Waals surface area contributed by atoms with Crippen LogP contribution in [0.4, 0.5) is 0 Å². The normalized spacial score (nSPS) is 42.2. The lowest BCUT2D eigenvalue weighted by atomic mass is 9.85. The Morgan fingerprint density at radius 1 is 1.31 bits per heavy atom. The van der Waals surface area contributed by atoms with Crippen LogP contribution < -0.4 is 11.1 Å². The van der Waals surface area contributed by atoms with E-state index in [0.717, 1.165) is 6.54 Å². The Kier molecular flexibility index (Phi) is 2.16. The highest BCUT2D eigenvalue weighted by Gasteiger charge is 2.41. The first-order valence-electron chi connectivity index (χ1n) is 5.55. The second-order valence-corrected chi connectivity index (χ2v) is 5.57. The van der Waals surface area contributed by atoms with Crippen LogP contribution in [-0.2, 0) is 0 Å². The topological polar surface area (TPSA) is 38.0 Å². The van der Waals surface area contributed by atoms with E-state index in [0.29, 0.717) is 17.0 Å². The van der Waals surface area contributed by atoms with Crippen molar-refractivity contribution in [3.05, 3.63) is 0 Å². The third kappa shape index (κ3) is 1.89. The molecule has 0 aromatic heterocycles. The minimum atomic E-state index is 0.367. The van der Waals surface area contributed by atoms with Crippen molar-refractivity contribution in [2.24, 2.45) is 11.1 Å². The van der Waals surface area contributed by atoms with E-state index in [-0.39, 0.29) is 0 Å². The summed E-state index contributed by atoms with van der Waals surface area (Å²) in [6, 6.07) is 0.419. The fourth-order valence-corrected chi connectivity index (χ4v) is 2.26. The third-order valence-corrected chi connectivity index (χ3v) is 4.08. The SMILES string of the molecule is CC1(NCC2(C)CCCC2N)CC1. The van der Waals surface area contributed by atoms with Gasteiger partial charge in [0.2, 0.25) is 0 Å². The highest BCUT2D eigenvalue weighted by atomic mass is 15.0. The summed E-state index contributed by atoms with van der Waals surface area (Å²) in [6.07, 6.45) is 6.53. The molecule has 2 nitrogen and oxygen atoms in total. The maximum atomic E-state index is 6.12. The summed E-state index contributed by atoms with van der Waals surface area (Å²) in [4.78, 5) is 0. The maximum Gasteiger partial charge on any atom is 0.0154 e. The lowest BCUT2D eigenvalue weighted by molar-refractivity contribution is 0.263.